The second-order valence-electron chi connectivity index (χ2n) is 4.47. The molecule has 0 unspecified atom stereocenters. The monoisotopic (exact) mass is 365 g/mol. The summed E-state index contributed by atoms with van der Waals surface area (Å²) in [4.78, 5) is 22.7. The van der Waals surface area contributed by atoms with Crippen molar-refractivity contribution in [2.24, 2.45) is 5.41 Å². The maximum Gasteiger partial charge on any atom is 0.310 e. The molecule has 1 aromatic carbocycles. The SMILES string of the molecule is CC(C)(CNC(=O)c1c(F)cccc1I)C(=O)O. The van der Waals surface area contributed by atoms with Crippen LogP contribution in [0.2, 0.25) is 0 Å². The number of carboxylic acids is 1. The number of halogens is 2. The molecule has 1 aromatic rings. The number of amides is 1. The van der Waals surface area contributed by atoms with Crippen LogP contribution in [-0.2, 0) is 4.79 Å². The Morgan fingerprint density at radius 1 is 1.44 bits per heavy atom. The fourth-order valence-corrected chi connectivity index (χ4v) is 1.89. The van der Waals surface area contributed by atoms with Crippen LogP contribution in [0.3, 0.4) is 0 Å². The van der Waals surface area contributed by atoms with E-state index in [2.05, 4.69) is 5.32 Å². The molecule has 0 aliphatic rings. The Morgan fingerprint density at radius 3 is 2.56 bits per heavy atom. The summed E-state index contributed by atoms with van der Waals surface area (Å²) in [7, 11) is 0. The van der Waals surface area contributed by atoms with Crippen molar-refractivity contribution in [3.8, 4) is 0 Å². The summed E-state index contributed by atoms with van der Waals surface area (Å²) in [5.74, 6) is -2.25. The number of carbonyl (C=O) groups excluding carboxylic acids is 1. The number of hydrogen-bond donors (Lipinski definition) is 2. The van der Waals surface area contributed by atoms with Gasteiger partial charge in [0.05, 0.1) is 11.0 Å². The molecule has 0 saturated carbocycles. The van der Waals surface area contributed by atoms with Crippen molar-refractivity contribution in [1.29, 1.82) is 0 Å². The van der Waals surface area contributed by atoms with E-state index in [-0.39, 0.29) is 12.1 Å². The largest absolute Gasteiger partial charge is 0.481 e. The Kier molecular flexibility index (Phi) is 4.66. The zero-order valence-electron chi connectivity index (χ0n) is 9.96. The van der Waals surface area contributed by atoms with Gasteiger partial charge in [0.25, 0.3) is 5.91 Å². The fourth-order valence-electron chi connectivity index (χ4n) is 1.18. The van der Waals surface area contributed by atoms with Gasteiger partial charge in [-0.15, -0.1) is 0 Å². The topological polar surface area (TPSA) is 66.4 Å². The van der Waals surface area contributed by atoms with E-state index in [1.54, 1.807) is 6.07 Å². The lowest BCUT2D eigenvalue weighted by atomic mass is 9.94. The van der Waals surface area contributed by atoms with Gasteiger partial charge in [0.15, 0.2) is 0 Å². The summed E-state index contributed by atoms with van der Waals surface area (Å²) in [5.41, 5.74) is -1.15. The number of aliphatic carboxylic acids is 1. The summed E-state index contributed by atoms with van der Waals surface area (Å²) in [6, 6.07) is 4.31. The normalized spacial score (nSPS) is 11.1. The van der Waals surface area contributed by atoms with E-state index in [1.165, 1.54) is 26.0 Å². The van der Waals surface area contributed by atoms with Gasteiger partial charge >= 0.3 is 5.97 Å². The molecule has 2 N–H and O–H groups in total. The molecular formula is C12H13FINO3. The number of hydrogen-bond acceptors (Lipinski definition) is 2. The van der Waals surface area contributed by atoms with Gasteiger partial charge in [0, 0.05) is 10.1 Å². The third-order valence-electron chi connectivity index (χ3n) is 2.46. The minimum absolute atomic E-state index is 0.0562. The van der Waals surface area contributed by atoms with Crippen molar-refractivity contribution in [2.45, 2.75) is 13.8 Å². The molecule has 1 amide bonds. The van der Waals surface area contributed by atoms with Crippen molar-refractivity contribution < 1.29 is 19.1 Å². The highest BCUT2D eigenvalue weighted by molar-refractivity contribution is 14.1. The molecule has 0 aromatic heterocycles. The molecule has 0 saturated heterocycles. The van der Waals surface area contributed by atoms with Gasteiger partial charge in [0.1, 0.15) is 5.82 Å². The third-order valence-corrected chi connectivity index (χ3v) is 3.36. The minimum Gasteiger partial charge on any atom is -0.481 e. The smallest absolute Gasteiger partial charge is 0.310 e. The highest BCUT2D eigenvalue weighted by atomic mass is 127. The Labute approximate surface area is 118 Å². The lowest BCUT2D eigenvalue weighted by Gasteiger charge is -2.19. The van der Waals surface area contributed by atoms with E-state index >= 15 is 0 Å². The van der Waals surface area contributed by atoms with Crippen LogP contribution in [0.5, 0.6) is 0 Å². The molecule has 0 spiro atoms. The molecule has 6 heteroatoms. The van der Waals surface area contributed by atoms with Crippen LogP contribution in [0.1, 0.15) is 24.2 Å². The van der Waals surface area contributed by atoms with Gasteiger partial charge < -0.3 is 10.4 Å². The second-order valence-corrected chi connectivity index (χ2v) is 5.63. The van der Waals surface area contributed by atoms with Crippen molar-refractivity contribution in [2.75, 3.05) is 6.54 Å². The van der Waals surface area contributed by atoms with Crippen molar-refractivity contribution in [1.82, 2.24) is 5.32 Å². The quantitative estimate of drug-likeness (QED) is 0.805. The first kappa shape index (κ1) is 14.9. The lowest BCUT2D eigenvalue weighted by Crippen LogP contribution is -2.39. The summed E-state index contributed by atoms with van der Waals surface area (Å²) >= 11 is 1.86. The first-order valence-electron chi connectivity index (χ1n) is 5.21. The molecule has 1 rings (SSSR count). The molecule has 0 atom stereocenters. The average Bonchev–Trinajstić information content (AvgIpc) is 2.26. The summed E-state index contributed by atoms with van der Waals surface area (Å²) in [6.45, 7) is 2.91. The minimum atomic E-state index is -1.09. The highest BCUT2D eigenvalue weighted by Gasteiger charge is 2.28. The maximum absolute atomic E-state index is 13.5. The number of carboxylic acid groups (broad SMARTS) is 1. The zero-order chi connectivity index (χ0) is 13.9. The van der Waals surface area contributed by atoms with E-state index in [0.29, 0.717) is 3.57 Å². The number of carbonyl (C=O) groups is 2. The molecule has 4 nitrogen and oxygen atoms in total. The molecule has 0 heterocycles. The molecule has 0 aliphatic heterocycles. The molecule has 0 aliphatic carbocycles. The van der Waals surface area contributed by atoms with E-state index in [4.69, 9.17) is 5.11 Å². The summed E-state index contributed by atoms with van der Waals surface area (Å²) in [6.07, 6.45) is 0. The van der Waals surface area contributed by atoms with Crippen LogP contribution in [0.25, 0.3) is 0 Å². The van der Waals surface area contributed by atoms with E-state index in [9.17, 15) is 14.0 Å². The van der Waals surface area contributed by atoms with E-state index in [1.807, 2.05) is 22.6 Å². The van der Waals surface area contributed by atoms with Crippen molar-refractivity contribution in [3.63, 3.8) is 0 Å². The molecule has 0 radical (unpaired) electrons. The Balaban J connectivity index is 2.82. The van der Waals surface area contributed by atoms with Gasteiger partial charge in [-0.25, -0.2) is 4.39 Å². The highest BCUT2D eigenvalue weighted by Crippen LogP contribution is 2.17. The number of nitrogens with one attached hydrogen (secondary N) is 1. The molecular weight excluding hydrogens is 352 g/mol. The molecule has 0 bridgehead atoms. The standard InChI is InChI=1S/C12H13FINO3/c1-12(2,11(17)18)6-15-10(16)9-7(13)4-3-5-8(9)14/h3-5H,6H2,1-2H3,(H,15,16)(H,17,18). The van der Waals surface area contributed by atoms with Crippen molar-refractivity contribution >= 4 is 34.5 Å². The van der Waals surface area contributed by atoms with Crippen LogP contribution in [-0.4, -0.2) is 23.5 Å². The second kappa shape index (κ2) is 5.64. The Hall–Kier alpha value is -1.18. The maximum atomic E-state index is 13.5. The predicted molar refractivity (Wildman–Crippen MR) is 72.9 cm³/mol. The van der Waals surface area contributed by atoms with Crippen LogP contribution >= 0.6 is 22.6 Å². The Bertz CT molecular complexity index is 468. The van der Waals surface area contributed by atoms with Gasteiger partial charge in [0.2, 0.25) is 0 Å². The number of rotatable bonds is 4. The van der Waals surface area contributed by atoms with Gasteiger partial charge in [-0.3, -0.25) is 9.59 Å². The molecule has 18 heavy (non-hydrogen) atoms. The number of benzene rings is 1. The Morgan fingerprint density at radius 2 is 2.06 bits per heavy atom. The summed E-state index contributed by atoms with van der Waals surface area (Å²) in [5, 5.41) is 11.3. The predicted octanol–water partition coefficient (Wildman–Crippen LogP) is 2.27. The third kappa shape index (κ3) is 3.41. The van der Waals surface area contributed by atoms with Gasteiger partial charge in [-0.1, -0.05) is 6.07 Å². The first-order chi connectivity index (χ1) is 8.25. The van der Waals surface area contributed by atoms with Crippen LogP contribution in [0.15, 0.2) is 18.2 Å². The van der Waals surface area contributed by atoms with Crippen LogP contribution in [0.4, 0.5) is 4.39 Å². The fraction of sp³-hybridized carbons (Fsp3) is 0.333. The zero-order valence-corrected chi connectivity index (χ0v) is 12.1. The summed E-state index contributed by atoms with van der Waals surface area (Å²) < 4.78 is 14.0. The first-order valence-corrected chi connectivity index (χ1v) is 6.29. The van der Waals surface area contributed by atoms with Crippen molar-refractivity contribution in [3.05, 3.63) is 33.1 Å². The van der Waals surface area contributed by atoms with E-state index in [0.717, 1.165) is 0 Å². The lowest BCUT2D eigenvalue weighted by molar-refractivity contribution is -0.146. The van der Waals surface area contributed by atoms with Gasteiger partial charge in [-0.05, 0) is 48.6 Å². The molecule has 0 fully saturated rings. The van der Waals surface area contributed by atoms with E-state index < -0.39 is 23.1 Å². The van der Waals surface area contributed by atoms with Gasteiger partial charge in [-0.2, -0.15) is 0 Å². The van der Waals surface area contributed by atoms with Crippen LogP contribution in [0, 0.1) is 14.8 Å². The average molecular weight is 365 g/mol. The van der Waals surface area contributed by atoms with Crippen LogP contribution < -0.4 is 5.32 Å². The molecule has 98 valence electrons.